The third-order valence-electron chi connectivity index (χ3n) is 5.40. The second-order valence-corrected chi connectivity index (χ2v) is 7.25. The summed E-state index contributed by atoms with van der Waals surface area (Å²) in [5.41, 5.74) is 4.07. The highest BCUT2D eigenvalue weighted by atomic mass is 16.2. The number of para-hydroxylation sites is 3. The molecule has 2 aromatic carbocycles. The average molecular weight is 365 g/mol. The first-order valence-corrected chi connectivity index (χ1v) is 9.45. The van der Waals surface area contributed by atoms with Crippen molar-refractivity contribution in [2.45, 2.75) is 6.92 Å². The van der Waals surface area contributed by atoms with Gasteiger partial charge in [-0.25, -0.2) is 0 Å². The van der Waals surface area contributed by atoms with E-state index in [1.165, 1.54) is 16.2 Å². The van der Waals surface area contributed by atoms with Crippen LogP contribution < -0.4 is 20.0 Å². The minimum atomic E-state index is -0.138. The quantitative estimate of drug-likeness (QED) is 0.841. The van der Waals surface area contributed by atoms with Gasteiger partial charge < -0.3 is 15.1 Å². The number of anilines is 3. The highest BCUT2D eigenvalue weighted by Gasteiger charge is 2.30. The van der Waals surface area contributed by atoms with Gasteiger partial charge in [0, 0.05) is 5.69 Å². The summed E-state index contributed by atoms with van der Waals surface area (Å²) < 4.78 is 0. The van der Waals surface area contributed by atoms with Crippen LogP contribution in [0, 0.1) is 6.92 Å². The highest BCUT2D eigenvalue weighted by molar-refractivity contribution is 6.10. The molecule has 6 heteroatoms. The number of aryl methyl sites for hydroxylation is 1. The van der Waals surface area contributed by atoms with Crippen molar-refractivity contribution >= 4 is 28.9 Å². The van der Waals surface area contributed by atoms with Gasteiger partial charge in [-0.05, 0) is 30.7 Å². The maximum atomic E-state index is 12.9. The molecule has 0 radical (unpaired) electrons. The minimum absolute atomic E-state index is 0.0108. The molecular weight excluding hydrogens is 340 g/mol. The highest BCUT2D eigenvalue weighted by Crippen LogP contribution is 2.28. The number of benzene rings is 2. The minimum Gasteiger partial charge on any atom is -0.360 e. The molecule has 2 aliphatic rings. The van der Waals surface area contributed by atoms with E-state index in [-0.39, 0.29) is 18.4 Å². The topological polar surface area (TPSA) is 57.1 Å². The summed E-state index contributed by atoms with van der Waals surface area (Å²) in [6.45, 7) is 6.36. The van der Waals surface area contributed by atoms with Crippen molar-refractivity contribution < 1.29 is 14.5 Å². The van der Waals surface area contributed by atoms with E-state index in [1.54, 1.807) is 4.90 Å². The van der Waals surface area contributed by atoms with Gasteiger partial charge in [0.2, 0.25) is 5.91 Å². The largest absolute Gasteiger partial charge is 0.360 e. The number of hydrogen-bond acceptors (Lipinski definition) is 3. The molecule has 2 N–H and O–H groups in total. The molecule has 140 valence electrons. The zero-order valence-corrected chi connectivity index (χ0v) is 15.6. The van der Waals surface area contributed by atoms with Crippen molar-refractivity contribution in [1.29, 1.82) is 0 Å². The molecule has 0 spiro atoms. The maximum absolute atomic E-state index is 12.9. The third kappa shape index (κ3) is 3.66. The van der Waals surface area contributed by atoms with Crippen LogP contribution in [0.25, 0.3) is 0 Å². The Bertz CT molecular complexity index is 859. The lowest BCUT2D eigenvalue weighted by Gasteiger charge is -2.35. The molecule has 0 atom stereocenters. The first-order valence-electron chi connectivity index (χ1n) is 9.45. The summed E-state index contributed by atoms with van der Waals surface area (Å²) >= 11 is 0. The van der Waals surface area contributed by atoms with Crippen LogP contribution in [0.5, 0.6) is 0 Å². The van der Waals surface area contributed by atoms with Gasteiger partial charge in [-0.15, -0.1) is 0 Å². The van der Waals surface area contributed by atoms with E-state index >= 15 is 0 Å². The molecule has 2 aliphatic heterocycles. The second-order valence-electron chi connectivity index (χ2n) is 7.25. The van der Waals surface area contributed by atoms with Crippen LogP contribution in [0.4, 0.5) is 17.1 Å². The van der Waals surface area contributed by atoms with E-state index in [0.29, 0.717) is 12.2 Å². The van der Waals surface area contributed by atoms with Crippen LogP contribution in [-0.4, -0.2) is 51.1 Å². The fraction of sp³-hybridized carbons (Fsp3) is 0.333. The summed E-state index contributed by atoms with van der Waals surface area (Å²) in [7, 11) is 0. The number of quaternary nitrogens is 1. The Balaban J connectivity index is 1.39. The Hall–Kier alpha value is -2.86. The molecule has 0 saturated carbocycles. The zero-order chi connectivity index (χ0) is 18.8. The van der Waals surface area contributed by atoms with Crippen LogP contribution in [0.15, 0.2) is 48.5 Å². The summed E-state index contributed by atoms with van der Waals surface area (Å²) in [5.74, 6) is -0.127. The Kier molecular flexibility index (Phi) is 4.81. The monoisotopic (exact) mass is 365 g/mol. The SMILES string of the molecule is Cc1ccccc1N1CC[NH+](CC(=O)N2CC(=O)Nc3ccccc32)CC1. The van der Waals surface area contributed by atoms with Gasteiger partial charge in [0.15, 0.2) is 6.54 Å². The van der Waals surface area contributed by atoms with Crippen LogP contribution >= 0.6 is 0 Å². The predicted molar refractivity (Wildman–Crippen MR) is 106 cm³/mol. The molecule has 27 heavy (non-hydrogen) atoms. The molecule has 0 bridgehead atoms. The lowest BCUT2D eigenvalue weighted by Crippen LogP contribution is -3.16. The van der Waals surface area contributed by atoms with Gasteiger partial charge in [0.1, 0.15) is 6.54 Å². The van der Waals surface area contributed by atoms with E-state index in [2.05, 4.69) is 41.4 Å². The number of hydrogen-bond donors (Lipinski definition) is 2. The van der Waals surface area contributed by atoms with E-state index in [4.69, 9.17) is 0 Å². The molecule has 4 rings (SSSR count). The van der Waals surface area contributed by atoms with Crippen molar-refractivity contribution in [3.8, 4) is 0 Å². The van der Waals surface area contributed by atoms with Gasteiger partial charge >= 0.3 is 0 Å². The number of fused-ring (bicyclic) bond motifs is 1. The first-order chi connectivity index (χ1) is 13.1. The zero-order valence-electron chi connectivity index (χ0n) is 15.6. The van der Waals surface area contributed by atoms with Crippen LogP contribution in [0.1, 0.15) is 5.56 Å². The van der Waals surface area contributed by atoms with Gasteiger partial charge in [-0.1, -0.05) is 30.3 Å². The number of amides is 2. The third-order valence-corrected chi connectivity index (χ3v) is 5.40. The summed E-state index contributed by atoms with van der Waals surface area (Å²) in [5, 5.41) is 2.83. The molecule has 1 fully saturated rings. The molecule has 1 saturated heterocycles. The Morgan fingerprint density at radius 3 is 2.44 bits per heavy atom. The van der Waals surface area contributed by atoms with Crippen molar-refractivity contribution in [1.82, 2.24) is 0 Å². The average Bonchev–Trinajstić information content (AvgIpc) is 2.68. The van der Waals surface area contributed by atoms with Crippen molar-refractivity contribution in [2.75, 3.05) is 54.4 Å². The Labute approximate surface area is 159 Å². The number of piperazine rings is 1. The normalized spacial score (nSPS) is 17.4. The van der Waals surface area contributed by atoms with Crippen LogP contribution in [-0.2, 0) is 9.59 Å². The fourth-order valence-corrected chi connectivity index (χ4v) is 3.92. The fourth-order valence-electron chi connectivity index (χ4n) is 3.92. The van der Waals surface area contributed by atoms with E-state index in [0.717, 1.165) is 31.9 Å². The molecule has 2 heterocycles. The molecule has 2 aromatic rings. The smallest absolute Gasteiger partial charge is 0.282 e. The lowest BCUT2D eigenvalue weighted by molar-refractivity contribution is -0.892. The summed E-state index contributed by atoms with van der Waals surface area (Å²) in [4.78, 5) is 30.1. The summed E-state index contributed by atoms with van der Waals surface area (Å²) in [6.07, 6.45) is 0. The predicted octanol–water partition coefficient (Wildman–Crippen LogP) is 0.685. The van der Waals surface area contributed by atoms with Gasteiger partial charge in [-0.3, -0.25) is 14.5 Å². The molecular formula is C21H25N4O2+. The maximum Gasteiger partial charge on any atom is 0.282 e. The summed E-state index contributed by atoms with van der Waals surface area (Å²) in [6, 6.07) is 15.9. The molecule has 2 amide bonds. The Morgan fingerprint density at radius 1 is 1.04 bits per heavy atom. The van der Waals surface area contributed by atoms with Crippen molar-refractivity contribution in [3.63, 3.8) is 0 Å². The number of rotatable bonds is 3. The first kappa shape index (κ1) is 17.5. The molecule has 0 aromatic heterocycles. The Morgan fingerprint density at radius 2 is 1.70 bits per heavy atom. The van der Waals surface area contributed by atoms with Gasteiger partial charge in [0.05, 0.1) is 37.6 Å². The van der Waals surface area contributed by atoms with Crippen LogP contribution in [0.2, 0.25) is 0 Å². The van der Waals surface area contributed by atoms with Crippen molar-refractivity contribution in [2.24, 2.45) is 0 Å². The van der Waals surface area contributed by atoms with Crippen molar-refractivity contribution in [3.05, 3.63) is 54.1 Å². The van der Waals surface area contributed by atoms with Crippen LogP contribution in [0.3, 0.4) is 0 Å². The standard InChI is InChI=1S/C21H24N4O2/c1-16-6-2-4-8-18(16)24-12-10-23(11-13-24)15-21(27)25-14-20(26)22-17-7-3-5-9-19(17)25/h2-9H,10-15H2,1H3,(H,22,26)/p+1. The number of carbonyl (C=O) groups excluding carboxylic acids is 2. The van der Waals surface area contributed by atoms with Gasteiger partial charge in [-0.2, -0.15) is 0 Å². The molecule has 6 nitrogen and oxygen atoms in total. The second kappa shape index (κ2) is 7.40. The molecule has 0 unspecified atom stereocenters. The van der Waals surface area contributed by atoms with E-state index < -0.39 is 0 Å². The van der Waals surface area contributed by atoms with E-state index in [1.807, 2.05) is 24.3 Å². The van der Waals surface area contributed by atoms with E-state index in [9.17, 15) is 9.59 Å². The number of carbonyl (C=O) groups is 2. The molecule has 0 aliphatic carbocycles. The number of nitrogens with one attached hydrogen (secondary N) is 2. The van der Waals surface area contributed by atoms with Gasteiger partial charge in [0.25, 0.3) is 5.91 Å². The number of nitrogens with zero attached hydrogens (tertiary/aromatic N) is 2. The lowest BCUT2D eigenvalue weighted by atomic mass is 10.1.